The lowest BCUT2D eigenvalue weighted by Gasteiger charge is -2.35. The van der Waals surface area contributed by atoms with Crippen LogP contribution in [0.5, 0.6) is 5.88 Å². The number of hydrogen-bond acceptors (Lipinski definition) is 8. The second-order valence-electron chi connectivity index (χ2n) is 10.4. The molecule has 198 valence electrons. The second-order valence-corrected chi connectivity index (χ2v) is 10.4. The van der Waals surface area contributed by atoms with Gasteiger partial charge >= 0.3 is 0 Å². The Kier molecular flexibility index (Phi) is 6.80. The van der Waals surface area contributed by atoms with Crippen LogP contribution in [0.2, 0.25) is 0 Å². The highest BCUT2D eigenvalue weighted by molar-refractivity contribution is 6.13. The monoisotopic (exact) mass is 511 g/mol. The minimum absolute atomic E-state index is 0.0629. The number of carbonyl (C=O) groups excluding carboxylic acids is 3. The van der Waals surface area contributed by atoms with Gasteiger partial charge in [-0.3, -0.25) is 14.4 Å². The summed E-state index contributed by atoms with van der Waals surface area (Å²) >= 11 is 0. The summed E-state index contributed by atoms with van der Waals surface area (Å²) in [6, 6.07) is 3.60. The van der Waals surface area contributed by atoms with Crippen LogP contribution in [0.25, 0.3) is 0 Å². The molecule has 0 radical (unpaired) electrons. The minimum Gasteiger partial charge on any atom is -0.473 e. The van der Waals surface area contributed by atoms with Crippen LogP contribution >= 0.6 is 0 Å². The van der Waals surface area contributed by atoms with Crippen LogP contribution in [0, 0.1) is 0 Å². The van der Waals surface area contributed by atoms with Crippen LogP contribution in [-0.4, -0.2) is 78.6 Å². The number of amides is 3. The molecule has 37 heavy (non-hydrogen) atoms. The molecule has 11 heteroatoms. The lowest BCUT2D eigenvalue weighted by Crippen LogP contribution is -2.49. The van der Waals surface area contributed by atoms with Crippen molar-refractivity contribution in [3.05, 3.63) is 35.3 Å². The van der Waals surface area contributed by atoms with Crippen molar-refractivity contribution >= 4 is 29.2 Å². The van der Waals surface area contributed by atoms with Gasteiger partial charge in [0.1, 0.15) is 29.6 Å². The first-order valence-electron chi connectivity index (χ1n) is 12.7. The van der Waals surface area contributed by atoms with E-state index < -0.39 is 11.4 Å². The third kappa shape index (κ3) is 5.41. The molecule has 2 aromatic rings. The molecule has 3 aliphatic rings. The molecular weight excluding hydrogens is 478 g/mol. The summed E-state index contributed by atoms with van der Waals surface area (Å²) in [4.78, 5) is 46.4. The molecule has 0 bridgehead atoms. The van der Waals surface area contributed by atoms with Gasteiger partial charge in [0, 0.05) is 57.9 Å². The molecule has 3 amide bonds. The van der Waals surface area contributed by atoms with E-state index in [1.165, 1.54) is 6.26 Å². The van der Waals surface area contributed by atoms with Gasteiger partial charge in [0.15, 0.2) is 0 Å². The van der Waals surface area contributed by atoms with E-state index in [-0.39, 0.29) is 29.0 Å². The van der Waals surface area contributed by atoms with E-state index in [1.54, 1.807) is 13.0 Å². The molecule has 3 aliphatic heterocycles. The fourth-order valence-electron chi connectivity index (χ4n) is 4.94. The Morgan fingerprint density at radius 3 is 2.59 bits per heavy atom. The number of carbonyl (C=O) groups is 3. The van der Waals surface area contributed by atoms with Crippen molar-refractivity contribution in [1.82, 2.24) is 15.2 Å². The summed E-state index contributed by atoms with van der Waals surface area (Å²) in [6.45, 7) is 9.14. The summed E-state index contributed by atoms with van der Waals surface area (Å²) in [5.41, 5.74) is 0.394. The number of furan rings is 1. The average molecular weight is 512 g/mol. The zero-order valence-corrected chi connectivity index (χ0v) is 21.5. The van der Waals surface area contributed by atoms with Crippen molar-refractivity contribution in [2.75, 3.05) is 49.6 Å². The zero-order valence-electron chi connectivity index (χ0n) is 21.5. The normalized spacial score (nSPS) is 19.7. The maximum absolute atomic E-state index is 13.3. The van der Waals surface area contributed by atoms with E-state index in [0.717, 1.165) is 12.8 Å². The number of fused-ring (bicyclic) bond motifs is 1. The number of nitrogens with zero attached hydrogens (tertiary/aromatic N) is 3. The van der Waals surface area contributed by atoms with Crippen LogP contribution in [0.3, 0.4) is 0 Å². The molecule has 0 spiro atoms. The second kappa shape index (κ2) is 10.0. The molecule has 5 rings (SSSR count). The average Bonchev–Trinajstić information content (AvgIpc) is 3.29. The fraction of sp³-hybridized carbons (Fsp3) is 0.538. The molecule has 0 saturated carbocycles. The highest BCUT2D eigenvalue weighted by Gasteiger charge is 2.36. The number of piperazine rings is 1. The van der Waals surface area contributed by atoms with Crippen LogP contribution < -0.4 is 20.3 Å². The van der Waals surface area contributed by atoms with Gasteiger partial charge in [-0.05, 0) is 26.0 Å². The molecule has 2 fully saturated rings. The lowest BCUT2D eigenvalue weighted by atomic mass is 9.91. The first kappa shape index (κ1) is 25.1. The number of aromatic nitrogens is 1. The largest absolute Gasteiger partial charge is 0.473 e. The number of anilines is 2. The molecular formula is C26H33N5O6. The van der Waals surface area contributed by atoms with Gasteiger partial charge in [0.2, 0.25) is 11.8 Å². The number of hydrogen-bond donors (Lipinski definition) is 2. The van der Waals surface area contributed by atoms with E-state index >= 15 is 0 Å². The Labute approximate surface area is 215 Å². The zero-order chi connectivity index (χ0) is 26.2. The van der Waals surface area contributed by atoms with E-state index in [2.05, 4.69) is 15.5 Å². The Bertz CT molecular complexity index is 1190. The van der Waals surface area contributed by atoms with Crippen molar-refractivity contribution in [3.63, 3.8) is 0 Å². The Morgan fingerprint density at radius 1 is 1.16 bits per heavy atom. The molecule has 0 aliphatic carbocycles. The van der Waals surface area contributed by atoms with Gasteiger partial charge in [0.05, 0.1) is 24.3 Å². The van der Waals surface area contributed by atoms with Gasteiger partial charge in [0.25, 0.3) is 11.8 Å². The quantitative estimate of drug-likeness (QED) is 0.626. The van der Waals surface area contributed by atoms with Crippen LogP contribution in [0.4, 0.5) is 11.5 Å². The summed E-state index contributed by atoms with van der Waals surface area (Å²) in [7, 11) is 0. The third-order valence-corrected chi connectivity index (χ3v) is 6.98. The fourth-order valence-corrected chi connectivity index (χ4v) is 4.94. The van der Waals surface area contributed by atoms with Crippen LogP contribution in [-0.2, 0) is 16.0 Å². The van der Waals surface area contributed by atoms with E-state index in [4.69, 9.17) is 18.9 Å². The predicted octanol–water partition coefficient (Wildman–Crippen LogP) is 2.22. The summed E-state index contributed by atoms with van der Waals surface area (Å²) in [5, 5.41) is 5.80. The van der Waals surface area contributed by atoms with Crippen LogP contribution in [0.15, 0.2) is 22.8 Å². The Hall–Kier alpha value is -3.60. The van der Waals surface area contributed by atoms with E-state index in [1.807, 2.05) is 24.8 Å². The molecule has 0 atom stereocenters. The number of rotatable bonds is 5. The molecule has 2 N–H and O–H groups in total. The number of nitrogens with one attached hydrogen (secondary N) is 2. The van der Waals surface area contributed by atoms with Crippen molar-refractivity contribution in [2.24, 2.45) is 0 Å². The highest BCUT2D eigenvalue weighted by Crippen LogP contribution is 2.32. The first-order valence-corrected chi connectivity index (χ1v) is 12.7. The van der Waals surface area contributed by atoms with Crippen molar-refractivity contribution in [1.29, 1.82) is 0 Å². The predicted molar refractivity (Wildman–Crippen MR) is 135 cm³/mol. The molecule has 2 saturated heterocycles. The Morgan fingerprint density at radius 2 is 1.89 bits per heavy atom. The SMILES string of the molecule is CC(=O)N1CCN(c2ccc(NC(=O)c3coc4c3C(=O)NC(C)(C)C4)c(OC3CCOCC3)n2)CC1. The van der Waals surface area contributed by atoms with Crippen molar-refractivity contribution < 1.29 is 28.3 Å². The summed E-state index contributed by atoms with van der Waals surface area (Å²) < 4.78 is 17.3. The number of ether oxygens (including phenoxy) is 2. The standard InChI is InChI=1S/C26H33N5O6/c1-16(32)30-8-10-31(11-9-30)21-5-4-19(25(28-21)37-17-6-12-35-13-7-17)27-23(33)18-15-36-20-14-26(2,3)29-24(34)22(18)20/h4-5,15,17H,6-14H2,1-3H3,(H,27,33)(H,29,34). The molecule has 2 aromatic heterocycles. The van der Waals surface area contributed by atoms with Gasteiger partial charge < -0.3 is 34.3 Å². The van der Waals surface area contributed by atoms with Crippen LogP contribution in [0.1, 0.15) is 60.1 Å². The minimum atomic E-state index is -0.471. The van der Waals surface area contributed by atoms with E-state index in [0.29, 0.717) is 69.0 Å². The van der Waals surface area contributed by atoms with E-state index in [9.17, 15) is 14.4 Å². The van der Waals surface area contributed by atoms with Gasteiger partial charge in [-0.1, -0.05) is 0 Å². The smallest absolute Gasteiger partial charge is 0.259 e. The lowest BCUT2D eigenvalue weighted by molar-refractivity contribution is -0.129. The van der Waals surface area contributed by atoms with Gasteiger partial charge in [-0.15, -0.1) is 0 Å². The van der Waals surface area contributed by atoms with Gasteiger partial charge in [-0.2, -0.15) is 4.98 Å². The topological polar surface area (TPSA) is 126 Å². The van der Waals surface area contributed by atoms with Crippen molar-refractivity contribution in [3.8, 4) is 5.88 Å². The number of pyridine rings is 1. The summed E-state index contributed by atoms with van der Waals surface area (Å²) in [5.74, 6) is 0.784. The highest BCUT2D eigenvalue weighted by atomic mass is 16.5. The molecule has 0 aromatic carbocycles. The maximum atomic E-state index is 13.3. The molecule has 5 heterocycles. The Balaban J connectivity index is 1.38. The summed E-state index contributed by atoms with van der Waals surface area (Å²) in [6.07, 6.45) is 3.18. The van der Waals surface area contributed by atoms with Gasteiger partial charge in [-0.25, -0.2) is 0 Å². The molecule has 11 nitrogen and oxygen atoms in total. The molecule has 0 unspecified atom stereocenters. The van der Waals surface area contributed by atoms with Crippen molar-refractivity contribution in [2.45, 2.75) is 51.7 Å². The first-order chi connectivity index (χ1) is 17.7. The third-order valence-electron chi connectivity index (χ3n) is 6.98. The maximum Gasteiger partial charge on any atom is 0.259 e.